The second-order valence-corrected chi connectivity index (χ2v) is 4.30. The predicted molar refractivity (Wildman–Crippen MR) is 71.3 cm³/mol. The van der Waals surface area contributed by atoms with Crippen LogP contribution < -0.4 is 5.01 Å². The number of benzene rings is 2. The number of nitrogens with zero attached hydrogens (tertiary/aromatic N) is 2. The molecule has 1 heterocycles. The number of hydrazine groups is 1. The van der Waals surface area contributed by atoms with Crippen molar-refractivity contribution in [1.82, 2.24) is 5.01 Å². The van der Waals surface area contributed by atoms with Gasteiger partial charge in [0.25, 0.3) is 0 Å². The van der Waals surface area contributed by atoms with Gasteiger partial charge in [0.1, 0.15) is 0 Å². The molecule has 0 atom stereocenters. The van der Waals surface area contributed by atoms with Crippen LogP contribution in [0.25, 0.3) is 0 Å². The number of hydrogen-bond acceptors (Lipinski definition) is 2. The number of fused-ring (bicyclic) bond motifs is 1. The molecule has 0 unspecified atom stereocenters. The van der Waals surface area contributed by atoms with E-state index in [1.54, 1.807) is 0 Å². The zero-order valence-electron chi connectivity index (χ0n) is 9.38. The summed E-state index contributed by atoms with van der Waals surface area (Å²) in [5.41, 5.74) is 3.69. The van der Waals surface area contributed by atoms with E-state index >= 15 is 0 Å². The van der Waals surface area contributed by atoms with Crippen LogP contribution in [0.1, 0.15) is 5.56 Å². The first-order valence-electron chi connectivity index (χ1n) is 5.64. The molecule has 0 bridgehead atoms. The van der Waals surface area contributed by atoms with Crippen LogP contribution in [-0.2, 0) is 6.54 Å². The molecule has 2 nitrogen and oxygen atoms in total. The largest absolute Gasteiger partial charge is 0.273 e. The van der Waals surface area contributed by atoms with Gasteiger partial charge < -0.3 is 0 Å². The molecular formula is C14H13ClN2. The van der Waals surface area contributed by atoms with Crippen molar-refractivity contribution in [2.75, 3.05) is 11.0 Å². The van der Waals surface area contributed by atoms with Crippen molar-refractivity contribution >= 4 is 23.0 Å². The summed E-state index contributed by atoms with van der Waals surface area (Å²) in [5, 5.41) is 4.31. The highest BCUT2D eigenvalue weighted by molar-refractivity contribution is 6.17. The van der Waals surface area contributed by atoms with Crippen molar-refractivity contribution in [3.63, 3.8) is 0 Å². The van der Waals surface area contributed by atoms with Gasteiger partial charge in [0.2, 0.25) is 0 Å². The van der Waals surface area contributed by atoms with Gasteiger partial charge in [0, 0.05) is 6.54 Å². The quantitative estimate of drug-likeness (QED) is 0.586. The molecule has 0 amide bonds. The molecule has 2 aromatic carbocycles. The van der Waals surface area contributed by atoms with E-state index in [0.29, 0.717) is 6.00 Å². The summed E-state index contributed by atoms with van der Waals surface area (Å²) in [6.07, 6.45) is 0. The average molecular weight is 245 g/mol. The van der Waals surface area contributed by atoms with Crippen molar-refractivity contribution in [2.45, 2.75) is 6.54 Å². The lowest BCUT2D eigenvalue weighted by molar-refractivity contribution is 0.342. The molecule has 0 saturated heterocycles. The third kappa shape index (κ3) is 1.79. The van der Waals surface area contributed by atoms with Crippen molar-refractivity contribution < 1.29 is 0 Å². The van der Waals surface area contributed by atoms with Crippen LogP contribution in [0.5, 0.6) is 0 Å². The standard InChI is InChI=1S/C14H13ClN2/c15-11-16-10-12-6-4-5-9-14(12)17(16)13-7-2-1-3-8-13/h1-9H,10-11H2. The molecule has 0 spiro atoms. The average Bonchev–Trinajstić information content (AvgIpc) is 2.78. The van der Waals surface area contributed by atoms with Crippen molar-refractivity contribution in [1.29, 1.82) is 0 Å². The number of halogens is 1. The summed E-state index contributed by atoms with van der Waals surface area (Å²) in [4.78, 5) is 0. The molecule has 0 saturated carbocycles. The SMILES string of the molecule is ClCN1Cc2ccccc2N1c1ccccc1. The Morgan fingerprint density at radius 1 is 0.941 bits per heavy atom. The second-order valence-electron chi connectivity index (χ2n) is 4.06. The minimum atomic E-state index is 0.490. The van der Waals surface area contributed by atoms with Gasteiger partial charge >= 0.3 is 0 Å². The van der Waals surface area contributed by atoms with Crippen LogP contribution >= 0.6 is 11.6 Å². The molecule has 0 radical (unpaired) electrons. The van der Waals surface area contributed by atoms with E-state index in [2.05, 4.69) is 46.4 Å². The number of anilines is 2. The van der Waals surface area contributed by atoms with E-state index in [0.717, 1.165) is 12.2 Å². The normalized spacial score (nSPS) is 15.0. The third-order valence-electron chi connectivity index (χ3n) is 2.99. The number of hydrogen-bond donors (Lipinski definition) is 0. The summed E-state index contributed by atoms with van der Waals surface area (Å²) < 4.78 is 0. The molecule has 0 aromatic heterocycles. The van der Waals surface area contributed by atoms with Gasteiger partial charge in [-0.25, -0.2) is 0 Å². The molecule has 0 aliphatic carbocycles. The van der Waals surface area contributed by atoms with Gasteiger partial charge in [0.05, 0.1) is 17.4 Å². The lowest BCUT2D eigenvalue weighted by Crippen LogP contribution is -2.32. The van der Waals surface area contributed by atoms with Gasteiger partial charge in [-0.15, -0.1) is 11.6 Å². The smallest absolute Gasteiger partial charge is 0.0932 e. The molecule has 3 heteroatoms. The summed E-state index contributed by atoms with van der Waals surface area (Å²) in [7, 11) is 0. The van der Waals surface area contributed by atoms with Gasteiger partial charge in [0.15, 0.2) is 0 Å². The Hall–Kier alpha value is -1.51. The predicted octanol–water partition coefficient (Wildman–Crippen LogP) is 3.75. The maximum atomic E-state index is 6.03. The highest BCUT2D eigenvalue weighted by Crippen LogP contribution is 2.37. The van der Waals surface area contributed by atoms with E-state index in [1.807, 2.05) is 18.2 Å². The van der Waals surface area contributed by atoms with E-state index in [4.69, 9.17) is 11.6 Å². The topological polar surface area (TPSA) is 6.48 Å². The summed E-state index contributed by atoms with van der Waals surface area (Å²) in [6.45, 7) is 0.870. The number of alkyl halides is 1. The highest BCUT2D eigenvalue weighted by Gasteiger charge is 2.26. The lowest BCUT2D eigenvalue weighted by atomic mass is 10.2. The first-order valence-corrected chi connectivity index (χ1v) is 6.17. The van der Waals surface area contributed by atoms with Crippen LogP contribution in [-0.4, -0.2) is 11.0 Å². The Balaban J connectivity index is 2.08. The van der Waals surface area contributed by atoms with Gasteiger partial charge in [-0.2, -0.15) is 5.01 Å². The van der Waals surface area contributed by atoms with E-state index in [-0.39, 0.29) is 0 Å². The third-order valence-corrected chi connectivity index (χ3v) is 3.27. The van der Waals surface area contributed by atoms with Crippen LogP contribution in [0.15, 0.2) is 54.6 Å². The van der Waals surface area contributed by atoms with Gasteiger partial charge in [-0.05, 0) is 23.8 Å². The molecule has 2 aromatic rings. The number of para-hydroxylation sites is 2. The maximum absolute atomic E-state index is 6.03. The maximum Gasteiger partial charge on any atom is 0.0932 e. The Morgan fingerprint density at radius 3 is 2.41 bits per heavy atom. The highest BCUT2D eigenvalue weighted by atomic mass is 35.5. The fourth-order valence-electron chi connectivity index (χ4n) is 2.24. The minimum absolute atomic E-state index is 0.490. The van der Waals surface area contributed by atoms with Crippen molar-refractivity contribution in [3.05, 3.63) is 60.2 Å². The van der Waals surface area contributed by atoms with Gasteiger partial charge in [-0.3, -0.25) is 5.01 Å². The Bertz CT molecular complexity index is 513. The Kier molecular flexibility index (Phi) is 2.75. The molecule has 1 aliphatic rings. The molecule has 17 heavy (non-hydrogen) atoms. The minimum Gasteiger partial charge on any atom is -0.273 e. The van der Waals surface area contributed by atoms with Crippen LogP contribution in [0, 0.1) is 0 Å². The number of rotatable bonds is 2. The summed E-state index contributed by atoms with van der Waals surface area (Å²) in [6, 6.07) is 19.2. The van der Waals surface area contributed by atoms with E-state index in [9.17, 15) is 0 Å². The Morgan fingerprint density at radius 2 is 1.65 bits per heavy atom. The first-order chi connectivity index (χ1) is 8.40. The van der Waals surface area contributed by atoms with Crippen molar-refractivity contribution in [2.24, 2.45) is 0 Å². The van der Waals surface area contributed by atoms with Gasteiger partial charge in [-0.1, -0.05) is 36.4 Å². The molecule has 0 fully saturated rings. The summed E-state index contributed by atoms with van der Waals surface area (Å²) in [5.74, 6) is 0. The zero-order chi connectivity index (χ0) is 11.7. The summed E-state index contributed by atoms with van der Waals surface area (Å²) >= 11 is 6.03. The van der Waals surface area contributed by atoms with Crippen molar-refractivity contribution in [3.8, 4) is 0 Å². The molecule has 1 aliphatic heterocycles. The van der Waals surface area contributed by atoms with Crippen LogP contribution in [0.3, 0.4) is 0 Å². The second kappa shape index (κ2) is 4.40. The lowest BCUT2D eigenvalue weighted by Gasteiger charge is -2.28. The van der Waals surface area contributed by atoms with E-state index in [1.165, 1.54) is 11.3 Å². The molecule has 86 valence electrons. The van der Waals surface area contributed by atoms with Crippen LogP contribution in [0.4, 0.5) is 11.4 Å². The molecular weight excluding hydrogens is 232 g/mol. The van der Waals surface area contributed by atoms with E-state index < -0.39 is 0 Å². The molecule has 3 rings (SSSR count). The monoisotopic (exact) mass is 244 g/mol. The fraction of sp³-hybridized carbons (Fsp3) is 0.143. The Labute approximate surface area is 106 Å². The zero-order valence-corrected chi connectivity index (χ0v) is 10.1. The van der Waals surface area contributed by atoms with Crippen LogP contribution in [0.2, 0.25) is 0 Å². The fourth-order valence-corrected chi connectivity index (χ4v) is 2.43. The first kappa shape index (κ1) is 10.6. The molecule has 0 N–H and O–H groups in total.